The highest BCUT2D eigenvalue weighted by Gasteiger charge is 2.24. The number of carbonyl (C=O) groups excluding carboxylic acids is 1. The number of hydrogen-bond donors (Lipinski definition) is 2. The van der Waals surface area contributed by atoms with E-state index in [2.05, 4.69) is 27.2 Å². The van der Waals surface area contributed by atoms with E-state index in [1.807, 2.05) is 12.1 Å². The molecule has 5 nitrogen and oxygen atoms in total. The van der Waals surface area contributed by atoms with E-state index in [1.165, 1.54) is 25.6 Å². The molecular weight excluding hydrogens is 360 g/mol. The number of aromatic nitrogens is 3. The number of halogens is 1. The number of benzene rings is 1. The molecule has 0 aliphatic heterocycles. The zero-order valence-corrected chi connectivity index (χ0v) is 16.1. The van der Waals surface area contributed by atoms with Crippen molar-refractivity contribution in [3.63, 3.8) is 0 Å². The van der Waals surface area contributed by atoms with Gasteiger partial charge in [0.2, 0.25) is 0 Å². The van der Waals surface area contributed by atoms with Crippen molar-refractivity contribution in [1.29, 1.82) is 0 Å². The second-order valence-electron chi connectivity index (χ2n) is 7.23. The van der Waals surface area contributed by atoms with Gasteiger partial charge in [0, 0.05) is 17.8 Å². The molecule has 27 heavy (non-hydrogen) atoms. The van der Waals surface area contributed by atoms with Gasteiger partial charge in [-0.15, -0.1) is 0 Å². The largest absolute Gasteiger partial charge is 0.367 e. The van der Waals surface area contributed by atoms with Crippen molar-refractivity contribution in [1.82, 2.24) is 15.0 Å². The van der Waals surface area contributed by atoms with Gasteiger partial charge >= 0.3 is 0 Å². The number of nitrogens with zero attached hydrogens (tertiary/aromatic N) is 2. The van der Waals surface area contributed by atoms with E-state index in [1.54, 1.807) is 18.3 Å². The van der Waals surface area contributed by atoms with Gasteiger partial charge in [-0.1, -0.05) is 37.1 Å². The first kappa shape index (κ1) is 18.0. The third-order valence-electron chi connectivity index (χ3n) is 5.60. The summed E-state index contributed by atoms with van der Waals surface area (Å²) in [6.07, 6.45) is 9.21. The van der Waals surface area contributed by atoms with Gasteiger partial charge in [-0.3, -0.25) is 4.79 Å². The van der Waals surface area contributed by atoms with Gasteiger partial charge in [-0.25, -0.2) is 9.97 Å². The molecule has 0 saturated heterocycles. The number of ketones is 1. The molecule has 2 aromatic heterocycles. The minimum atomic E-state index is -0.126. The number of nitrogens with one attached hydrogen (secondary N) is 2. The van der Waals surface area contributed by atoms with Gasteiger partial charge < -0.3 is 10.3 Å². The summed E-state index contributed by atoms with van der Waals surface area (Å²) >= 11 is 6.23. The predicted octanol–water partition coefficient (Wildman–Crippen LogP) is 5.22. The van der Waals surface area contributed by atoms with E-state index in [0.717, 1.165) is 30.0 Å². The third-order valence-corrected chi connectivity index (χ3v) is 5.93. The quantitative estimate of drug-likeness (QED) is 0.593. The fourth-order valence-corrected chi connectivity index (χ4v) is 4.17. The van der Waals surface area contributed by atoms with Gasteiger partial charge in [-0.05, 0) is 43.7 Å². The van der Waals surface area contributed by atoms with E-state index in [0.29, 0.717) is 27.8 Å². The van der Waals surface area contributed by atoms with Crippen molar-refractivity contribution in [2.24, 2.45) is 5.92 Å². The maximum absolute atomic E-state index is 13.1. The number of rotatable bonds is 5. The highest BCUT2D eigenvalue weighted by molar-refractivity contribution is 6.35. The number of fused-ring (bicyclic) bond motifs is 1. The van der Waals surface area contributed by atoms with E-state index in [9.17, 15) is 4.79 Å². The third kappa shape index (κ3) is 3.56. The van der Waals surface area contributed by atoms with Crippen LogP contribution in [0.4, 0.5) is 5.82 Å². The van der Waals surface area contributed by atoms with Crippen molar-refractivity contribution < 1.29 is 4.79 Å². The minimum Gasteiger partial charge on any atom is -0.367 e. The van der Waals surface area contributed by atoms with Crippen LogP contribution in [0.1, 0.15) is 54.9 Å². The van der Waals surface area contributed by atoms with E-state index in [4.69, 9.17) is 11.6 Å². The first-order chi connectivity index (χ1) is 13.2. The fraction of sp³-hybridized carbons (Fsp3) is 0.381. The smallest absolute Gasteiger partial charge is 0.196 e. The summed E-state index contributed by atoms with van der Waals surface area (Å²) in [6.45, 7) is 2.26. The lowest BCUT2D eigenvalue weighted by Gasteiger charge is -2.29. The molecule has 1 aromatic carbocycles. The minimum absolute atomic E-state index is 0.126. The Morgan fingerprint density at radius 1 is 1.19 bits per heavy atom. The Bertz CT molecular complexity index is 960. The van der Waals surface area contributed by atoms with E-state index >= 15 is 0 Å². The molecule has 2 heterocycles. The number of anilines is 1. The molecule has 2 N–H and O–H groups in total. The molecule has 1 aliphatic rings. The van der Waals surface area contributed by atoms with Gasteiger partial charge in [0.25, 0.3) is 0 Å². The number of hydrogen-bond acceptors (Lipinski definition) is 4. The Morgan fingerprint density at radius 3 is 2.70 bits per heavy atom. The van der Waals surface area contributed by atoms with Gasteiger partial charge in [0.05, 0.1) is 16.0 Å². The van der Waals surface area contributed by atoms with Crippen LogP contribution in [0, 0.1) is 5.92 Å². The van der Waals surface area contributed by atoms with Crippen molar-refractivity contribution >= 4 is 34.2 Å². The molecule has 1 aliphatic carbocycles. The highest BCUT2D eigenvalue weighted by Crippen LogP contribution is 2.32. The molecule has 6 heteroatoms. The van der Waals surface area contributed by atoms with Crippen molar-refractivity contribution in [3.05, 3.63) is 52.9 Å². The van der Waals surface area contributed by atoms with Gasteiger partial charge in [0.1, 0.15) is 17.8 Å². The molecule has 0 radical (unpaired) electrons. The summed E-state index contributed by atoms with van der Waals surface area (Å²) in [7, 11) is 0. The monoisotopic (exact) mass is 382 g/mol. The van der Waals surface area contributed by atoms with E-state index in [-0.39, 0.29) is 5.78 Å². The molecular formula is C21H23ClN4O. The number of carbonyl (C=O) groups is 1. The zero-order valence-electron chi connectivity index (χ0n) is 15.3. The van der Waals surface area contributed by atoms with Gasteiger partial charge in [0.15, 0.2) is 5.78 Å². The lowest BCUT2D eigenvalue weighted by Crippen LogP contribution is -2.26. The summed E-state index contributed by atoms with van der Waals surface area (Å²) in [4.78, 5) is 24.9. The lowest BCUT2D eigenvalue weighted by atomic mass is 9.84. The maximum Gasteiger partial charge on any atom is 0.196 e. The zero-order chi connectivity index (χ0) is 18.8. The van der Waals surface area contributed by atoms with Crippen LogP contribution in [0.25, 0.3) is 11.0 Å². The Balaban J connectivity index is 1.66. The average molecular weight is 383 g/mol. The second-order valence-corrected chi connectivity index (χ2v) is 7.63. The number of H-pyrrole nitrogens is 1. The van der Waals surface area contributed by atoms with Crippen molar-refractivity contribution in [2.45, 2.75) is 45.1 Å². The van der Waals surface area contributed by atoms with Crippen molar-refractivity contribution in [3.8, 4) is 0 Å². The topological polar surface area (TPSA) is 70.7 Å². The normalized spacial score (nSPS) is 19.9. The molecule has 3 aromatic rings. The molecule has 1 saturated carbocycles. The SMILES string of the molecule is CCC1CCC(Nc2ncnc3[nH]cc(C(=O)c4ccccc4Cl)c23)CC1. The predicted molar refractivity (Wildman–Crippen MR) is 108 cm³/mol. The van der Waals surface area contributed by atoms with Crippen LogP contribution >= 0.6 is 11.6 Å². The first-order valence-electron chi connectivity index (χ1n) is 9.55. The molecule has 0 amide bonds. The van der Waals surface area contributed by atoms with E-state index < -0.39 is 0 Å². The molecule has 1 fully saturated rings. The Morgan fingerprint density at radius 2 is 1.96 bits per heavy atom. The second kappa shape index (κ2) is 7.69. The van der Waals surface area contributed by atoms with Crippen molar-refractivity contribution in [2.75, 3.05) is 5.32 Å². The Labute approximate surface area is 163 Å². The Kier molecular flexibility index (Phi) is 5.12. The lowest BCUT2D eigenvalue weighted by molar-refractivity contribution is 0.104. The summed E-state index contributed by atoms with van der Waals surface area (Å²) in [5, 5.41) is 4.74. The van der Waals surface area contributed by atoms with Crippen LogP contribution in [-0.2, 0) is 0 Å². The van der Waals surface area contributed by atoms with Crippen LogP contribution in [-0.4, -0.2) is 26.8 Å². The standard InChI is InChI=1S/C21H23ClN4O/c1-2-13-7-9-14(10-8-13)26-21-18-16(11-23-20(18)24-12-25-21)19(27)15-5-3-4-6-17(15)22/h3-6,11-14H,2,7-10H2,1H3,(H2,23,24,25,26). The molecule has 0 bridgehead atoms. The fourth-order valence-electron chi connectivity index (χ4n) is 3.95. The summed E-state index contributed by atoms with van der Waals surface area (Å²) in [5.41, 5.74) is 1.69. The summed E-state index contributed by atoms with van der Waals surface area (Å²) in [6, 6.07) is 7.48. The summed E-state index contributed by atoms with van der Waals surface area (Å²) < 4.78 is 0. The molecule has 4 rings (SSSR count). The van der Waals surface area contributed by atoms with Crippen LogP contribution < -0.4 is 5.32 Å². The molecule has 0 spiro atoms. The van der Waals surface area contributed by atoms with Crippen LogP contribution in [0.15, 0.2) is 36.8 Å². The maximum atomic E-state index is 13.1. The van der Waals surface area contributed by atoms with Crippen LogP contribution in [0.5, 0.6) is 0 Å². The van der Waals surface area contributed by atoms with Crippen LogP contribution in [0.2, 0.25) is 5.02 Å². The molecule has 140 valence electrons. The average Bonchev–Trinajstić information content (AvgIpc) is 3.14. The van der Waals surface area contributed by atoms with Gasteiger partial charge in [-0.2, -0.15) is 0 Å². The highest BCUT2D eigenvalue weighted by atomic mass is 35.5. The Hall–Kier alpha value is -2.40. The summed E-state index contributed by atoms with van der Waals surface area (Å²) in [5.74, 6) is 1.43. The van der Waals surface area contributed by atoms with Crippen LogP contribution in [0.3, 0.4) is 0 Å². The molecule has 0 unspecified atom stereocenters. The molecule has 0 atom stereocenters. The first-order valence-corrected chi connectivity index (χ1v) is 9.93. The number of aromatic amines is 1.